The summed E-state index contributed by atoms with van der Waals surface area (Å²) in [5, 5.41) is 2.63. The number of aromatic nitrogens is 1. The van der Waals surface area contributed by atoms with Gasteiger partial charge in [0.25, 0.3) is 11.5 Å². The molecule has 3 rings (SSSR count). The van der Waals surface area contributed by atoms with Gasteiger partial charge in [-0.25, -0.2) is 9.18 Å². The van der Waals surface area contributed by atoms with Crippen LogP contribution in [-0.2, 0) is 11.3 Å². The fraction of sp³-hybridized carbons (Fsp3) is 0.533. The van der Waals surface area contributed by atoms with Gasteiger partial charge in [0, 0.05) is 31.3 Å². The molecule has 1 aromatic carbocycles. The molecule has 0 spiro atoms. The van der Waals surface area contributed by atoms with Gasteiger partial charge in [0.1, 0.15) is 16.8 Å². The van der Waals surface area contributed by atoms with E-state index in [9.17, 15) is 19.2 Å². The molecule has 39 heavy (non-hydrogen) atoms. The molecule has 2 heterocycles. The van der Waals surface area contributed by atoms with Crippen LogP contribution in [0.25, 0.3) is 0 Å². The zero-order valence-electron chi connectivity index (χ0n) is 23.4. The van der Waals surface area contributed by atoms with Crippen molar-refractivity contribution in [3.8, 4) is 0 Å². The number of ketones is 1. The van der Waals surface area contributed by atoms with Crippen LogP contribution < -0.4 is 10.9 Å². The lowest BCUT2D eigenvalue weighted by molar-refractivity contribution is -0.00817. The summed E-state index contributed by atoms with van der Waals surface area (Å²) in [6, 6.07) is 10.7. The van der Waals surface area contributed by atoms with Crippen molar-refractivity contribution in [1.29, 1.82) is 0 Å². The lowest BCUT2D eigenvalue weighted by Crippen LogP contribution is -2.49. The number of likely N-dealkylation sites (tertiary alicyclic amines) is 1. The fourth-order valence-electron chi connectivity index (χ4n) is 4.75. The van der Waals surface area contributed by atoms with Crippen LogP contribution in [-0.4, -0.2) is 58.2 Å². The maximum Gasteiger partial charge on any atom is 0.410 e. The molecule has 1 N–H and O–H groups in total. The molecule has 1 atom stereocenters. The molecule has 1 aliphatic rings. The van der Waals surface area contributed by atoms with E-state index in [2.05, 4.69) is 5.32 Å². The van der Waals surface area contributed by atoms with Crippen molar-refractivity contribution in [1.82, 2.24) is 14.8 Å². The van der Waals surface area contributed by atoms with Gasteiger partial charge >= 0.3 is 6.09 Å². The van der Waals surface area contributed by atoms with Gasteiger partial charge in [-0.3, -0.25) is 14.4 Å². The standard InChI is InChI=1S/C30H40FN3O5/c1-5-32-26(36)24-18-23(20-34(27(24)37)19-22-12-7-6-8-13-22)25(35)14-9-10-15-30(31)16-11-17-33(21-30)28(38)39-29(2,3)4/h6-8,12-13,18,20H,5,9-11,14-17,19,21H2,1-4H3,(H,32,36)/t30-/m0/s1. The SMILES string of the molecule is CCNC(=O)c1cc(C(=O)CCCC[C@]2(F)CCCN(C(=O)OC(C)(C)C)C2)cn(Cc2ccccc2)c1=O. The first-order valence-corrected chi connectivity index (χ1v) is 13.7. The van der Waals surface area contributed by atoms with Crippen molar-refractivity contribution < 1.29 is 23.5 Å². The third-order valence-corrected chi connectivity index (χ3v) is 6.64. The van der Waals surface area contributed by atoms with Gasteiger partial charge in [-0.15, -0.1) is 0 Å². The number of piperidine rings is 1. The van der Waals surface area contributed by atoms with Crippen molar-refractivity contribution in [3.63, 3.8) is 0 Å². The van der Waals surface area contributed by atoms with E-state index in [0.29, 0.717) is 38.8 Å². The molecule has 0 aliphatic carbocycles. The maximum atomic E-state index is 15.6. The number of hydrogen-bond acceptors (Lipinski definition) is 5. The number of pyridine rings is 1. The first-order valence-electron chi connectivity index (χ1n) is 13.7. The van der Waals surface area contributed by atoms with E-state index >= 15 is 4.39 Å². The Kier molecular flexibility index (Phi) is 10.1. The monoisotopic (exact) mass is 541 g/mol. The second kappa shape index (κ2) is 13.0. The summed E-state index contributed by atoms with van der Waals surface area (Å²) in [4.78, 5) is 52.5. The number of Topliss-reactive ketones (excluding diaryl/α,β-unsaturated/α-hetero) is 1. The van der Waals surface area contributed by atoms with Crippen LogP contribution in [0, 0.1) is 0 Å². The molecular weight excluding hydrogens is 501 g/mol. The number of unbranched alkanes of at least 4 members (excludes halogenated alkanes) is 1. The average Bonchev–Trinajstić information content (AvgIpc) is 2.87. The highest BCUT2D eigenvalue weighted by atomic mass is 19.1. The first-order chi connectivity index (χ1) is 18.4. The maximum absolute atomic E-state index is 15.6. The molecule has 2 amide bonds. The lowest BCUT2D eigenvalue weighted by atomic mass is 9.89. The van der Waals surface area contributed by atoms with E-state index in [1.165, 1.54) is 21.7 Å². The topological polar surface area (TPSA) is 97.7 Å². The van der Waals surface area contributed by atoms with Crippen LogP contribution in [0.3, 0.4) is 0 Å². The number of carbonyl (C=O) groups is 3. The number of amides is 2. The van der Waals surface area contributed by atoms with Crippen molar-refractivity contribution in [2.45, 2.75) is 84.0 Å². The Morgan fingerprint density at radius 3 is 2.51 bits per heavy atom. The zero-order valence-corrected chi connectivity index (χ0v) is 23.4. The largest absolute Gasteiger partial charge is 0.444 e. The predicted molar refractivity (Wildman–Crippen MR) is 148 cm³/mol. The van der Waals surface area contributed by atoms with Gasteiger partial charge < -0.3 is 19.5 Å². The summed E-state index contributed by atoms with van der Waals surface area (Å²) in [5.74, 6) is -0.737. The minimum Gasteiger partial charge on any atom is -0.444 e. The second-order valence-electron chi connectivity index (χ2n) is 11.2. The van der Waals surface area contributed by atoms with Gasteiger partial charge in [0.15, 0.2) is 5.78 Å². The molecule has 0 unspecified atom stereocenters. The van der Waals surface area contributed by atoms with Gasteiger partial charge in [0.05, 0.1) is 13.1 Å². The van der Waals surface area contributed by atoms with Gasteiger partial charge in [0.2, 0.25) is 0 Å². The fourth-order valence-corrected chi connectivity index (χ4v) is 4.75. The number of benzene rings is 1. The molecule has 2 aromatic rings. The number of ether oxygens (including phenoxy) is 1. The highest BCUT2D eigenvalue weighted by Gasteiger charge is 2.38. The molecule has 1 saturated heterocycles. The number of hydrogen-bond donors (Lipinski definition) is 1. The quantitative estimate of drug-likeness (QED) is 0.332. The third kappa shape index (κ3) is 8.76. The molecule has 212 valence electrons. The molecule has 8 nitrogen and oxygen atoms in total. The average molecular weight is 542 g/mol. The Hall–Kier alpha value is -3.49. The Labute approximate surface area is 229 Å². The molecule has 1 fully saturated rings. The summed E-state index contributed by atoms with van der Waals surface area (Å²) >= 11 is 0. The molecule has 1 aromatic heterocycles. The highest BCUT2D eigenvalue weighted by Crippen LogP contribution is 2.31. The van der Waals surface area contributed by atoms with Crippen molar-refractivity contribution >= 4 is 17.8 Å². The summed E-state index contributed by atoms with van der Waals surface area (Å²) in [7, 11) is 0. The number of nitrogens with one attached hydrogen (secondary N) is 1. The van der Waals surface area contributed by atoms with E-state index in [-0.39, 0.29) is 42.8 Å². The number of carbonyl (C=O) groups excluding carboxylic acids is 3. The van der Waals surface area contributed by atoms with Gasteiger partial charge in [-0.05, 0) is 71.4 Å². The first kappa shape index (κ1) is 30.1. The van der Waals surface area contributed by atoms with Gasteiger partial charge in [-0.1, -0.05) is 30.3 Å². The molecular formula is C30H40FN3O5. The minimum absolute atomic E-state index is 0.0177. The molecule has 1 aliphatic heterocycles. The summed E-state index contributed by atoms with van der Waals surface area (Å²) in [6.07, 6.45) is 3.22. The van der Waals surface area contributed by atoms with Gasteiger partial charge in [-0.2, -0.15) is 0 Å². The Morgan fingerprint density at radius 2 is 1.85 bits per heavy atom. The number of halogens is 1. The molecule has 0 bridgehead atoms. The van der Waals surface area contributed by atoms with Crippen LogP contribution >= 0.6 is 0 Å². The summed E-state index contributed by atoms with van der Waals surface area (Å²) in [5.41, 5.74) is -1.57. The smallest absolute Gasteiger partial charge is 0.410 e. The normalized spacial score (nSPS) is 17.5. The highest BCUT2D eigenvalue weighted by molar-refractivity contribution is 6.00. The van der Waals surface area contributed by atoms with Crippen LogP contribution in [0.4, 0.5) is 9.18 Å². The van der Waals surface area contributed by atoms with E-state index in [0.717, 1.165) is 5.56 Å². The Morgan fingerprint density at radius 1 is 1.13 bits per heavy atom. The van der Waals surface area contributed by atoms with E-state index in [1.807, 2.05) is 30.3 Å². The second-order valence-corrected chi connectivity index (χ2v) is 11.2. The minimum atomic E-state index is -1.52. The predicted octanol–water partition coefficient (Wildman–Crippen LogP) is 5.13. The summed E-state index contributed by atoms with van der Waals surface area (Å²) in [6.45, 7) is 8.12. The van der Waals surface area contributed by atoms with Crippen LogP contribution in [0.2, 0.25) is 0 Å². The van der Waals surface area contributed by atoms with E-state index in [4.69, 9.17) is 4.74 Å². The number of nitrogens with zero attached hydrogens (tertiary/aromatic N) is 2. The molecule has 0 radical (unpaired) electrons. The van der Waals surface area contributed by atoms with Crippen molar-refractivity contribution in [2.75, 3.05) is 19.6 Å². The van der Waals surface area contributed by atoms with Crippen molar-refractivity contribution in [2.24, 2.45) is 0 Å². The van der Waals surface area contributed by atoms with Crippen LogP contribution in [0.1, 0.15) is 92.5 Å². The van der Waals surface area contributed by atoms with E-state index in [1.54, 1.807) is 27.7 Å². The van der Waals surface area contributed by atoms with Crippen molar-refractivity contribution in [3.05, 3.63) is 69.6 Å². The lowest BCUT2D eigenvalue weighted by Gasteiger charge is -2.38. The molecule has 0 saturated carbocycles. The van der Waals surface area contributed by atoms with Crippen LogP contribution in [0.5, 0.6) is 0 Å². The third-order valence-electron chi connectivity index (χ3n) is 6.64. The Balaban J connectivity index is 1.64. The Bertz CT molecular complexity index is 1220. The number of rotatable bonds is 10. The van der Waals surface area contributed by atoms with Crippen LogP contribution in [0.15, 0.2) is 47.4 Å². The number of alkyl halides is 1. The zero-order chi connectivity index (χ0) is 28.6. The summed E-state index contributed by atoms with van der Waals surface area (Å²) < 4.78 is 22.3. The van der Waals surface area contributed by atoms with E-state index < -0.39 is 28.8 Å². The molecule has 9 heteroatoms.